The fourth-order valence-corrected chi connectivity index (χ4v) is 5.35. The third-order valence-electron chi connectivity index (χ3n) is 7.11. The number of aromatic nitrogens is 1. The lowest BCUT2D eigenvalue weighted by atomic mass is 9.79. The topological polar surface area (TPSA) is 63.6 Å². The maximum Gasteiger partial charge on any atom is 0.254 e. The van der Waals surface area contributed by atoms with E-state index in [1.54, 1.807) is 12.0 Å². The van der Waals surface area contributed by atoms with E-state index in [2.05, 4.69) is 35.0 Å². The van der Waals surface area contributed by atoms with Crippen molar-refractivity contribution in [2.24, 2.45) is 7.05 Å². The number of nitrogens with one attached hydrogen (secondary N) is 1. The van der Waals surface area contributed by atoms with Gasteiger partial charge in [0, 0.05) is 54.6 Å². The van der Waals surface area contributed by atoms with E-state index in [0.29, 0.717) is 18.7 Å². The molecule has 0 bridgehead atoms. The van der Waals surface area contributed by atoms with Gasteiger partial charge in [-0.05, 0) is 41.8 Å². The Kier molecular flexibility index (Phi) is 6.61. The molecule has 0 saturated carbocycles. The molecule has 0 aliphatic carbocycles. The fourth-order valence-electron chi connectivity index (χ4n) is 5.35. The normalized spacial score (nSPS) is 17.3. The molecule has 0 spiro atoms. The second kappa shape index (κ2) is 9.99. The highest BCUT2D eigenvalue weighted by Crippen LogP contribution is 2.45. The van der Waals surface area contributed by atoms with Crippen LogP contribution in [0.25, 0.3) is 10.9 Å². The van der Waals surface area contributed by atoms with Crippen LogP contribution in [-0.2, 0) is 23.0 Å². The van der Waals surface area contributed by atoms with E-state index in [-0.39, 0.29) is 11.8 Å². The Morgan fingerprint density at radius 1 is 1.00 bits per heavy atom. The van der Waals surface area contributed by atoms with Crippen molar-refractivity contribution in [1.82, 2.24) is 9.47 Å². The number of carbonyl (C=O) groups is 2. The molecule has 1 aliphatic rings. The second-order valence-electron chi connectivity index (χ2n) is 9.26. The molecule has 184 valence electrons. The van der Waals surface area contributed by atoms with Crippen molar-refractivity contribution in [3.63, 3.8) is 0 Å². The molecule has 36 heavy (non-hydrogen) atoms. The smallest absolute Gasteiger partial charge is 0.254 e. The zero-order chi connectivity index (χ0) is 25.2. The first kappa shape index (κ1) is 23.8. The fraction of sp³-hybridized carbons (Fsp3) is 0.267. The number of carbonyl (C=O) groups excluding carboxylic acids is 2. The molecule has 2 atom stereocenters. The Morgan fingerprint density at radius 2 is 1.78 bits per heavy atom. The number of rotatable bonds is 7. The van der Waals surface area contributed by atoms with Crippen molar-refractivity contribution >= 4 is 28.4 Å². The molecule has 0 fully saturated rings. The maximum absolute atomic E-state index is 14.1. The third kappa shape index (κ3) is 4.18. The minimum absolute atomic E-state index is 0.0855. The number of amides is 2. The molecule has 0 radical (unpaired) electrons. The molecule has 6 heteroatoms. The number of para-hydroxylation sites is 1. The number of hydrogen-bond donors (Lipinski definition) is 1. The van der Waals surface area contributed by atoms with Crippen molar-refractivity contribution in [1.29, 1.82) is 0 Å². The number of benzene rings is 3. The molecule has 1 N–H and O–H groups in total. The number of methoxy groups -OCH3 is 1. The Morgan fingerprint density at radius 3 is 2.58 bits per heavy atom. The van der Waals surface area contributed by atoms with Crippen molar-refractivity contribution < 1.29 is 14.3 Å². The Bertz CT molecular complexity index is 1420. The Balaban J connectivity index is 1.68. The third-order valence-corrected chi connectivity index (χ3v) is 7.11. The van der Waals surface area contributed by atoms with Crippen molar-refractivity contribution in [2.45, 2.75) is 25.3 Å². The lowest BCUT2D eigenvalue weighted by Gasteiger charge is -2.41. The van der Waals surface area contributed by atoms with Crippen LogP contribution in [0.15, 0.2) is 79.0 Å². The van der Waals surface area contributed by atoms with Gasteiger partial charge in [-0.3, -0.25) is 9.59 Å². The van der Waals surface area contributed by atoms with E-state index < -0.39 is 12.0 Å². The van der Waals surface area contributed by atoms with Crippen LogP contribution < -0.4 is 5.32 Å². The van der Waals surface area contributed by atoms with Gasteiger partial charge in [0.05, 0.1) is 18.6 Å². The molecule has 1 aromatic heterocycles. The molecule has 2 amide bonds. The van der Waals surface area contributed by atoms with Gasteiger partial charge < -0.3 is 19.5 Å². The molecular weight excluding hydrogens is 450 g/mol. The minimum Gasteiger partial charge on any atom is -0.383 e. The van der Waals surface area contributed by atoms with Crippen LogP contribution in [0, 0.1) is 0 Å². The maximum atomic E-state index is 14.1. The van der Waals surface area contributed by atoms with Crippen LogP contribution in [0.5, 0.6) is 0 Å². The van der Waals surface area contributed by atoms with E-state index in [0.717, 1.165) is 39.7 Å². The molecular formula is C30H31N3O3. The summed E-state index contributed by atoms with van der Waals surface area (Å²) in [6.07, 6.45) is 2.93. The number of fused-ring (bicyclic) bond motifs is 2. The van der Waals surface area contributed by atoms with Gasteiger partial charge in [-0.15, -0.1) is 0 Å². The molecule has 0 unspecified atom stereocenters. The monoisotopic (exact) mass is 481 g/mol. The SMILES string of the molecule is CCc1cccc(NC(=O)[C@H]2c3ccccc3C(=O)N(CCOC)[C@@H]2c2cn(C)c3ccccc23)c1. The number of ether oxygens (including phenoxy) is 1. The zero-order valence-corrected chi connectivity index (χ0v) is 20.9. The second-order valence-corrected chi connectivity index (χ2v) is 9.26. The highest BCUT2D eigenvalue weighted by molar-refractivity contribution is 6.05. The Hall–Kier alpha value is -3.90. The van der Waals surface area contributed by atoms with Gasteiger partial charge in [0.2, 0.25) is 5.91 Å². The summed E-state index contributed by atoms with van der Waals surface area (Å²) in [5.41, 5.74) is 5.23. The van der Waals surface area contributed by atoms with Crippen molar-refractivity contribution in [3.8, 4) is 0 Å². The largest absolute Gasteiger partial charge is 0.383 e. The quantitative estimate of drug-likeness (QED) is 0.389. The summed E-state index contributed by atoms with van der Waals surface area (Å²) >= 11 is 0. The predicted molar refractivity (Wildman–Crippen MR) is 142 cm³/mol. The zero-order valence-electron chi connectivity index (χ0n) is 20.9. The Labute approximate surface area is 211 Å². The van der Waals surface area contributed by atoms with Crippen LogP contribution in [0.1, 0.15) is 45.9 Å². The number of aryl methyl sites for hydroxylation is 2. The number of hydrogen-bond acceptors (Lipinski definition) is 3. The first-order chi connectivity index (χ1) is 17.5. The molecule has 4 aromatic rings. The molecule has 0 saturated heterocycles. The van der Waals surface area contributed by atoms with E-state index in [1.165, 1.54) is 0 Å². The molecule has 6 nitrogen and oxygen atoms in total. The van der Waals surface area contributed by atoms with Gasteiger partial charge in [-0.1, -0.05) is 55.5 Å². The van der Waals surface area contributed by atoms with Gasteiger partial charge >= 0.3 is 0 Å². The number of nitrogens with zero attached hydrogens (tertiary/aromatic N) is 2. The van der Waals surface area contributed by atoms with Crippen LogP contribution in [0.3, 0.4) is 0 Å². The summed E-state index contributed by atoms with van der Waals surface area (Å²) in [6.45, 7) is 2.85. The summed E-state index contributed by atoms with van der Waals surface area (Å²) in [4.78, 5) is 29.7. The van der Waals surface area contributed by atoms with Crippen LogP contribution >= 0.6 is 0 Å². The van der Waals surface area contributed by atoms with Crippen molar-refractivity contribution in [2.75, 3.05) is 25.6 Å². The van der Waals surface area contributed by atoms with Crippen LogP contribution in [0.4, 0.5) is 5.69 Å². The molecule has 3 aromatic carbocycles. The minimum atomic E-state index is -0.591. The van der Waals surface area contributed by atoms with E-state index in [9.17, 15) is 9.59 Å². The summed E-state index contributed by atoms with van der Waals surface area (Å²) in [5, 5.41) is 4.19. The number of anilines is 1. The standard InChI is InChI=1S/C30H31N3O3/c1-4-20-10-9-11-21(18-20)31-29(34)27-23-13-5-6-14-24(23)30(35)33(16-17-36-3)28(27)25-19-32(2)26-15-8-7-12-22(25)26/h5-15,18-19,27-28H,4,16-17H2,1-3H3,(H,31,34)/t27-,28+/m0/s1. The summed E-state index contributed by atoms with van der Waals surface area (Å²) in [6, 6.07) is 23.0. The van der Waals surface area contributed by atoms with Gasteiger partial charge in [-0.2, -0.15) is 0 Å². The summed E-state index contributed by atoms with van der Waals surface area (Å²) in [5.74, 6) is -0.812. The van der Waals surface area contributed by atoms with Crippen LogP contribution in [-0.4, -0.2) is 41.5 Å². The highest BCUT2D eigenvalue weighted by atomic mass is 16.5. The summed E-state index contributed by atoms with van der Waals surface area (Å²) < 4.78 is 7.43. The van der Waals surface area contributed by atoms with Crippen molar-refractivity contribution in [3.05, 3.63) is 101 Å². The highest BCUT2D eigenvalue weighted by Gasteiger charge is 2.45. The average Bonchev–Trinajstić information content (AvgIpc) is 3.24. The van der Waals surface area contributed by atoms with Gasteiger partial charge in [0.15, 0.2) is 0 Å². The lowest BCUT2D eigenvalue weighted by Crippen LogP contribution is -2.47. The first-order valence-electron chi connectivity index (χ1n) is 12.4. The van der Waals surface area contributed by atoms with Gasteiger partial charge in [0.1, 0.15) is 0 Å². The molecule has 2 heterocycles. The molecule has 1 aliphatic heterocycles. The predicted octanol–water partition coefficient (Wildman–Crippen LogP) is 5.31. The summed E-state index contributed by atoms with van der Waals surface area (Å²) in [7, 11) is 3.62. The lowest BCUT2D eigenvalue weighted by molar-refractivity contribution is -0.119. The van der Waals surface area contributed by atoms with E-state index in [1.807, 2.05) is 67.8 Å². The first-order valence-corrected chi connectivity index (χ1v) is 12.4. The van der Waals surface area contributed by atoms with Crippen LogP contribution in [0.2, 0.25) is 0 Å². The van der Waals surface area contributed by atoms with E-state index in [4.69, 9.17) is 4.74 Å². The van der Waals surface area contributed by atoms with Gasteiger partial charge in [-0.25, -0.2) is 0 Å². The van der Waals surface area contributed by atoms with Gasteiger partial charge in [0.25, 0.3) is 5.91 Å². The van der Waals surface area contributed by atoms with E-state index >= 15 is 0 Å². The molecule has 5 rings (SSSR count). The average molecular weight is 482 g/mol.